The van der Waals surface area contributed by atoms with Crippen molar-refractivity contribution in [1.82, 2.24) is 5.32 Å². The molecule has 0 bridgehead atoms. The maximum Gasteiger partial charge on any atom is 0.412 e. The number of thiocarbonyl (C=S) groups is 1. The van der Waals surface area contributed by atoms with E-state index < -0.39 is 35.4 Å². The molecule has 2 N–H and O–H groups in total. The number of carbonyl (C=O) groups is 1. The molecule has 1 aliphatic carbocycles. The van der Waals surface area contributed by atoms with Gasteiger partial charge in [0, 0.05) is 30.1 Å². The van der Waals surface area contributed by atoms with Crippen LogP contribution in [-0.4, -0.2) is 58.6 Å². The van der Waals surface area contributed by atoms with Gasteiger partial charge in [0.25, 0.3) is 0 Å². The van der Waals surface area contributed by atoms with Crippen molar-refractivity contribution in [2.45, 2.75) is 80.9 Å². The minimum absolute atomic E-state index is 0.0741. The van der Waals surface area contributed by atoms with Gasteiger partial charge in [-0.2, -0.15) is 0 Å². The minimum atomic E-state index is -1.13. The zero-order valence-corrected chi connectivity index (χ0v) is 29.0. The fraction of sp³-hybridized carbons (Fsp3) is 0.385. The van der Waals surface area contributed by atoms with Crippen LogP contribution in [0.4, 0.5) is 4.79 Å². The third-order valence-corrected chi connectivity index (χ3v) is 11.3. The van der Waals surface area contributed by atoms with E-state index in [9.17, 15) is 9.90 Å². The molecule has 4 aromatic carbocycles. The highest BCUT2D eigenvalue weighted by molar-refractivity contribution is 7.99. The molecule has 4 aromatic rings. The predicted molar refractivity (Wildman–Crippen MR) is 194 cm³/mol. The molecular formula is C39H43NO5S2. The van der Waals surface area contributed by atoms with E-state index in [4.69, 9.17) is 26.4 Å². The summed E-state index contributed by atoms with van der Waals surface area (Å²) in [6, 6.07) is 28.8. The van der Waals surface area contributed by atoms with Gasteiger partial charge in [-0.05, 0) is 73.2 Å². The largest absolute Gasteiger partial charge is 0.443 e. The van der Waals surface area contributed by atoms with E-state index in [-0.39, 0.29) is 6.10 Å². The number of thioether (sulfide) groups is 1. The van der Waals surface area contributed by atoms with Crippen LogP contribution in [0.5, 0.6) is 0 Å². The molecule has 2 fully saturated rings. The molecule has 8 heteroatoms. The van der Waals surface area contributed by atoms with Crippen molar-refractivity contribution in [1.29, 1.82) is 0 Å². The number of benzene rings is 4. The highest BCUT2D eigenvalue weighted by Crippen LogP contribution is 2.55. The number of rotatable bonds is 10. The van der Waals surface area contributed by atoms with E-state index in [2.05, 4.69) is 80.7 Å². The van der Waals surface area contributed by atoms with Crippen molar-refractivity contribution in [2.75, 3.05) is 12.9 Å². The number of aliphatic hydroxyl groups is 1. The lowest BCUT2D eigenvalue weighted by Crippen LogP contribution is -2.61. The number of methoxy groups -OCH3 is 1. The quantitative estimate of drug-likeness (QED) is 0.0760. The SMILES string of the molecule is COC1C(OC(=O)NC(=S)Cc2cccc3ccccc23)CCC(O)(CSc2cccc3ccccc23)C1C1(C)OC1CC=C(C)C. The summed E-state index contributed by atoms with van der Waals surface area (Å²) in [5, 5.41) is 19.8. The lowest BCUT2D eigenvalue weighted by Gasteiger charge is -2.49. The number of carbonyl (C=O) groups excluding carboxylic acids is 1. The van der Waals surface area contributed by atoms with E-state index in [1.165, 1.54) is 5.57 Å². The fourth-order valence-corrected chi connectivity index (χ4v) is 8.79. The van der Waals surface area contributed by atoms with Crippen molar-refractivity contribution in [3.63, 3.8) is 0 Å². The molecule has 2 aliphatic rings. The van der Waals surface area contributed by atoms with Gasteiger partial charge >= 0.3 is 6.09 Å². The number of fused-ring (bicyclic) bond motifs is 2. The molecule has 6 nitrogen and oxygen atoms in total. The molecule has 0 radical (unpaired) electrons. The number of alkyl carbamates (subject to hydrolysis) is 1. The Kier molecular flexibility index (Phi) is 10.1. The van der Waals surface area contributed by atoms with Crippen LogP contribution in [0.25, 0.3) is 21.5 Å². The Hall–Kier alpha value is -3.27. The first-order valence-corrected chi connectivity index (χ1v) is 17.6. The molecule has 1 heterocycles. The second kappa shape index (κ2) is 14.1. The van der Waals surface area contributed by atoms with Gasteiger partial charge in [0.15, 0.2) is 0 Å². The van der Waals surface area contributed by atoms with Crippen LogP contribution in [0.1, 0.15) is 45.6 Å². The first-order valence-electron chi connectivity index (χ1n) is 16.3. The van der Waals surface area contributed by atoms with E-state index in [0.717, 1.165) is 38.4 Å². The predicted octanol–water partition coefficient (Wildman–Crippen LogP) is 8.42. The molecule has 6 unspecified atom stereocenters. The zero-order valence-electron chi connectivity index (χ0n) is 27.4. The van der Waals surface area contributed by atoms with Crippen LogP contribution in [0.2, 0.25) is 0 Å². The molecule has 6 rings (SSSR count). The van der Waals surface area contributed by atoms with Crippen LogP contribution in [0.3, 0.4) is 0 Å². The lowest BCUT2D eigenvalue weighted by atomic mass is 9.66. The van der Waals surface area contributed by atoms with Crippen molar-refractivity contribution in [3.05, 3.63) is 102 Å². The van der Waals surface area contributed by atoms with Crippen LogP contribution in [0, 0.1) is 5.92 Å². The highest BCUT2D eigenvalue weighted by Gasteiger charge is 2.67. The number of nitrogens with one attached hydrogen (secondary N) is 1. The summed E-state index contributed by atoms with van der Waals surface area (Å²) in [5.74, 6) is 0.0145. The van der Waals surface area contributed by atoms with Gasteiger partial charge < -0.3 is 19.3 Å². The summed E-state index contributed by atoms with van der Waals surface area (Å²) in [6.45, 7) is 6.20. The maximum atomic E-state index is 13.3. The summed E-state index contributed by atoms with van der Waals surface area (Å²) in [6.07, 6.45) is 2.35. The Morgan fingerprint density at radius 3 is 2.40 bits per heavy atom. The number of epoxide rings is 1. The van der Waals surface area contributed by atoms with Crippen molar-refractivity contribution >= 4 is 56.6 Å². The van der Waals surface area contributed by atoms with E-state index in [0.29, 0.717) is 30.0 Å². The van der Waals surface area contributed by atoms with Crippen molar-refractivity contribution < 1.29 is 24.1 Å². The van der Waals surface area contributed by atoms with Gasteiger partial charge in [0.1, 0.15) is 17.8 Å². The van der Waals surface area contributed by atoms with Crippen LogP contribution >= 0.6 is 24.0 Å². The van der Waals surface area contributed by atoms with Crippen molar-refractivity contribution in [3.8, 4) is 0 Å². The molecular weight excluding hydrogens is 627 g/mol. The molecule has 0 spiro atoms. The number of ether oxygens (including phenoxy) is 3. The van der Waals surface area contributed by atoms with Gasteiger partial charge in [-0.3, -0.25) is 5.32 Å². The second-order valence-electron chi connectivity index (χ2n) is 13.2. The third-order valence-electron chi connectivity index (χ3n) is 9.70. The van der Waals surface area contributed by atoms with Crippen LogP contribution in [0.15, 0.2) is 101 Å². The number of hydrogen-bond donors (Lipinski definition) is 2. The number of hydrogen-bond acceptors (Lipinski definition) is 7. The van der Waals surface area contributed by atoms with Gasteiger partial charge in [-0.15, -0.1) is 11.8 Å². The molecule has 6 atom stereocenters. The maximum absolute atomic E-state index is 13.3. The first kappa shape index (κ1) is 33.6. The molecule has 47 heavy (non-hydrogen) atoms. The number of allylic oxidation sites excluding steroid dienone is 1. The van der Waals surface area contributed by atoms with Gasteiger partial charge in [0.05, 0.1) is 16.7 Å². The Labute approximate surface area is 286 Å². The summed E-state index contributed by atoms with van der Waals surface area (Å²) in [7, 11) is 1.62. The van der Waals surface area contributed by atoms with E-state index >= 15 is 0 Å². The molecule has 246 valence electrons. The Balaban J connectivity index is 1.19. The van der Waals surface area contributed by atoms with E-state index in [1.807, 2.05) is 36.4 Å². The third kappa shape index (κ3) is 7.27. The smallest absolute Gasteiger partial charge is 0.412 e. The van der Waals surface area contributed by atoms with Crippen LogP contribution < -0.4 is 5.32 Å². The van der Waals surface area contributed by atoms with Crippen LogP contribution in [-0.2, 0) is 20.6 Å². The summed E-state index contributed by atoms with van der Waals surface area (Å²) in [4.78, 5) is 14.8. The number of amides is 1. The Morgan fingerprint density at radius 1 is 1.02 bits per heavy atom. The van der Waals surface area contributed by atoms with Gasteiger partial charge in [-0.25, -0.2) is 4.79 Å². The summed E-state index contributed by atoms with van der Waals surface area (Å²) >= 11 is 7.25. The zero-order chi connectivity index (χ0) is 33.2. The topological polar surface area (TPSA) is 80.3 Å². The highest BCUT2D eigenvalue weighted by atomic mass is 32.2. The second-order valence-corrected chi connectivity index (χ2v) is 14.7. The Morgan fingerprint density at radius 2 is 1.68 bits per heavy atom. The Bertz CT molecular complexity index is 1790. The molecule has 1 saturated carbocycles. The minimum Gasteiger partial charge on any atom is -0.443 e. The van der Waals surface area contributed by atoms with Crippen molar-refractivity contribution in [2.24, 2.45) is 5.92 Å². The lowest BCUT2D eigenvalue weighted by molar-refractivity contribution is -0.169. The average molecular weight is 670 g/mol. The summed E-state index contributed by atoms with van der Waals surface area (Å²) < 4.78 is 18.6. The van der Waals surface area contributed by atoms with E-state index in [1.54, 1.807) is 18.9 Å². The first-order chi connectivity index (χ1) is 22.6. The van der Waals surface area contributed by atoms with Gasteiger partial charge in [0.2, 0.25) is 0 Å². The molecule has 1 saturated heterocycles. The molecule has 0 aromatic heterocycles. The molecule has 1 aliphatic heterocycles. The molecule has 1 amide bonds. The average Bonchev–Trinajstić information content (AvgIpc) is 3.73. The fourth-order valence-electron chi connectivity index (χ4n) is 7.31. The standard InChI is InChI=1S/C39H43NO5S2/c1-25(2)19-20-33-38(3,45-33)36-35(43-4)31(21-22-39(36,42)24-47-32-18-10-14-27-12-6-8-17-30(27)32)44-37(41)40-34(46)23-28-15-9-13-26-11-5-7-16-29(26)28/h5-19,31,33,35-36,42H,20-24H2,1-4H3,(H,40,41,46). The summed E-state index contributed by atoms with van der Waals surface area (Å²) in [5.41, 5.74) is 0.476. The van der Waals surface area contributed by atoms with Gasteiger partial charge in [-0.1, -0.05) is 103 Å². The normalized spacial score (nSPS) is 26.9. The monoisotopic (exact) mass is 669 g/mol.